The highest BCUT2D eigenvalue weighted by molar-refractivity contribution is 5.94. The molecule has 1 saturated carbocycles. The fraction of sp³-hybridized carbons (Fsp3) is 0.500. The molecule has 0 spiro atoms. The summed E-state index contributed by atoms with van der Waals surface area (Å²) in [7, 11) is 0. The third-order valence-electron chi connectivity index (χ3n) is 4.36. The summed E-state index contributed by atoms with van der Waals surface area (Å²) in [6.07, 6.45) is 2.28. The molecule has 6 nitrogen and oxygen atoms in total. The molecule has 1 fully saturated rings. The Kier molecular flexibility index (Phi) is 5.59. The molecule has 0 aliphatic heterocycles. The molecule has 1 aliphatic carbocycles. The van der Waals surface area contributed by atoms with Crippen molar-refractivity contribution in [2.45, 2.75) is 57.6 Å². The second-order valence-corrected chi connectivity index (χ2v) is 6.39. The van der Waals surface area contributed by atoms with Gasteiger partial charge in [0.05, 0.1) is 12.0 Å². The Morgan fingerprint density at radius 2 is 1.96 bits per heavy atom. The monoisotopic (exact) mass is 333 g/mol. The number of nitrogens with one attached hydrogen (secondary N) is 1. The van der Waals surface area contributed by atoms with Crippen LogP contribution in [0.25, 0.3) is 0 Å². The zero-order valence-corrected chi connectivity index (χ0v) is 14.0. The Balaban J connectivity index is 2.02. The van der Waals surface area contributed by atoms with Gasteiger partial charge in [-0.3, -0.25) is 14.4 Å². The third kappa shape index (κ3) is 4.57. The fourth-order valence-electron chi connectivity index (χ4n) is 3.10. The molecule has 1 aromatic carbocycles. The smallest absolute Gasteiger partial charge is 0.305 e. The van der Waals surface area contributed by atoms with E-state index in [1.165, 1.54) is 6.92 Å². The minimum Gasteiger partial charge on any atom is -0.481 e. The van der Waals surface area contributed by atoms with E-state index in [9.17, 15) is 14.4 Å². The lowest BCUT2D eigenvalue weighted by atomic mass is 9.93. The van der Waals surface area contributed by atoms with Gasteiger partial charge < -0.3 is 15.2 Å². The maximum Gasteiger partial charge on any atom is 0.305 e. The van der Waals surface area contributed by atoms with Crippen LogP contribution in [0.3, 0.4) is 0 Å². The van der Waals surface area contributed by atoms with E-state index in [0.29, 0.717) is 24.2 Å². The number of aliphatic carboxylic acids is 1. The summed E-state index contributed by atoms with van der Waals surface area (Å²) in [4.78, 5) is 34.9. The summed E-state index contributed by atoms with van der Waals surface area (Å²) in [5.41, 5.74) is -0.167. The standard InChI is InChI=1S/C18H23NO5/c1-12(20)14-6-5-7-15(10-14)24-13(2)17(23)19-18(11-16(21)22)8-3-4-9-18/h5-7,10,13H,3-4,8-9,11H2,1-2H3,(H,19,23)(H,21,22). The quantitative estimate of drug-likeness (QED) is 0.748. The number of carbonyl (C=O) groups excluding carboxylic acids is 2. The zero-order valence-electron chi connectivity index (χ0n) is 14.0. The first-order valence-corrected chi connectivity index (χ1v) is 8.13. The minimum atomic E-state index is -0.917. The lowest BCUT2D eigenvalue weighted by Gasteiger charge is -2.30. The molecular weight excluding hydrogens is 310 g/mol. The van der Waals surface area contributed by atoms with Crippen LogP contribution in [0.2, 0.25) is 0 Å². The van der Waals surface area contributed by atoms with Crippen LogP contribution in [0.5, 0.6) is 5.75 Å². The van der Waals surface area contributed by atoms with Crippen molar-refractivity contribution in [2.24, 2.45) is 0 Å². The van der Waals surface area contributed by atoms with Crippen molar-refractivity contribution in [1.82, 2.24) is 5.32 Å². The Morgan fingerprint density at radius 3 is 2.54 bits per heavy atom. The van der Waals surface area contributed by atoms with E-state index < -0.39 is 17.6 Å². The van der Waals surface area contributed by atoms with Crippen molar-refractivity contribution in [2.75, 3.05) is 0 Å². The van der Waals surface area contributed by atoms with Crippen molar-refractivity contribution in [3.05, 3.63) is 29.8 Å². The summed E-state index contributed by atoms with van der Waals surface area (Å²) in [5, 5.41) is 12.0. The number of benzene rings is 1. The molecule has 6 heteroatoms. The topological polar surface area (TPSA) is 92.7 Å². The van der Waals surface area contributed by atoms with Crippen LogP contribution in [-0.2, 0) is 9.59 Å². The highest BCUT2D eigenvalue weighted by atomic mass is 16.5. The Bertz CT molecular complexity index is 634. The van der Waals surface area contributed by atoms with Crippen molar-refractivity contribution in [1.29, 1.82) is 0 Å². The summed E-state index contributed by atoms with van der Waals surface area (Å²) in [6, 6.07) is 6.65. The van der Waals surface area contributed by atoms with Gasteiger partial charge in [0.2, 0.25) is 0 Å². The highest BCUT2D eigenvalue weighted by Gasteiger charge is 2.38. The first-order chi connectivity index (χ1) is 11.3. The van der Waals surface area contributed by atoms with E-state index in [4.69, 9.17) is 9.84 Å². The number of ketones is 1. The first kappa shape index (κ1) is 18.0. The molecule has 0 heterocycles. The predicted molar refractivity (Wildman–Crippen MR) is 88.1 cm³/mol. The Labute approximate surface area is 141 Å². The van der Waals surface area contributed by atoms with Gasteiger partial charge in [0.1, 0.15) is 5.75 Å². The molecule has 2 rings (SSSR count). The molecule has 0 aromatic heterocycles. The number of rotatable bonds is 7. The average Bonchev–Trinajstić information content (AvgIpc) is 2.94. The van der Waals surface area contributed by atoms with Crippen LogP contribution < -0.4 is 10.1 Å². The van der Waals surface area contributed by atoms with Gasteiger partial charge in [-0.25, -0.2) is 0 Å². The van der Waals surface area contributed by atoms with Crippen molar-refractivity contribution < 1.29 is 24.2 Å². The van der Waals surface area contributed by atoms with Crippen LogP contribution >= 0.6 is 0 Å². The van der Waals surface area contributed by atoms with Gasteiger partial charge in [-0.1, -0.05) is 25.0 Å². The molecule has 1 aromatic rings. The van der Waals surface area contributed by atoms with Gasteiger partial charge in [0.25, 0.3) is 5.91 Å². The van der Waals surface area contributed by atoms with Gasteiger partial charge in [-0.2, -0.15) is 0 Å². The maximum absolute atomic E-state index is 12.4. The summed E-state index contributed by atoms with van der Waals surface area (Å²) >= 11 is 0. The summed E-state index contributed by atoms with van der Waals surface area (Å²) in [6.45, 7) is 3.07. The number of amides is 1. The van der Waals surface area contributed by atoms with Crippen molar-refractivity contribution in [3.8, 4) is 5.75 Å². The lowest BCUT2D eigenvalue weighted by molar-refractivity contribution is -0.139. The van der Waals surface area contributed by atoms with E-state index >= 15 is 0 Å². The number of carboxylic acid groups (broad SMARTS) is 1. The van der Waals surface area contributed by atoms with Gasteiger partial charge >= 0.3 is 5.97 Å². The summed E-state index contributed by atoms with van der Waals surface area (Å²) < 4.78 is 5.62. The van der Waals surface area contributed by atoms with E-state index in [0.717, 1.165) is 12.8 Å². The normalized spacial score (nSPS) is 17.1. The molecule has 0 bridgehead atoms. The van der Waals surface area contributed by atoms with Gasteiger partial charge in [-0.05, 0) is 38.8 Å². The SMILES string of the molecule is CC(=O)c1cccc(OC(C)C(=O)NC2(CC(=O)O)CCCC2)c1. The number of hydrogen-bond acceptors (Lipinski definition) is 4. The molecule has 24 heavy (non-hydrogen) atoms. The second-order valence-electron chi connectivity index (χ2n) is 6.39. The number of carbonyl (C=O) groups is 3. The van der Waals surface area contributed by atoms with E-state index in [1.54, 1.807) is 31.2 Å². The molecule has 0 saturated heterocycles. The lowest BCUT2D eigenvalue weighted by Crippen LogP contribution is -2.51. The van der Waals surface area contributed by atoms with Crippen molar-refractivity contribution in [3.63, 3.8) is 0 Å². The highest BCUT2D eigenvalue weighted by Crippen LogP contribution is 2.32. The maximum atomic E-state index is 12.4. The molecule has 130 valence electrons. The molecule has 1 aliphatic rings. The van der Waals surface area contributed by atoms with Crippen LogP contribution in [-0.4, -0.2) is 34.4 Å². The molecule has 1 unspecified atom stereocenters. The van der Waals surface area contributed by atoms with Gasteiger partial charge in [0.15, 0.2) is 11.9 Å². The Morgan fingerprint density at radius 1 is 1.29 bits per heavy atom. The van der Waals surface area contributed by atoms with E-state index in [-0.39, 0.29) is 18.1 Å². The average molecular weight is 333 g/mol. The number of ether oxygens (including phenoxy) is 1. The zero-order chi connectivity index (χ0) is 17.7. The minimum absolute atomic E-state index is 0.0781. The third-order valence-corrected chi connectivity index (χ3v) is 4.36. The molecule has 1 atom stereocenters. The van der Waals surface area contributed by atoms with Crippen LogP contribution in [0, 0.1) is 0 Å². The molecule has 1 amide bonds. The molecule has 0 radical (unpaired) electrons. The number of Topliss-reactive ketones (excluding diaryl/α,β-unsaturated/α-hetero) is 1. The second kappa shape index (κ2) is 7.47. The fourth-order valence-corrected chi connectivity index (χ4v) is 3.10. The van der Waals surface area contributed by atoms with Crippen LogP contribution in [0.15, 0.2) is 24.3 Å². The predicted octanol–water partition coefficient (Wildman–Crippen LogP) is 2.56. The van der Waals surface area contributed by atoms with E-state index in [1.807, 2.05) is 0 Å². The number of hydrogen-bond donors (Lipinski definition) is 2. The van der Waals surface area contributed by atoms with Gasteiger partial charge in [-0.15, -0.1) is 0 Å². The van der Waals surface area contributed by atoms with Gasteiger partial charge in [0, 0.05) is 5.56 Å². The Hall–Kier alpha value is -2.37. The molecule has 2 N–H and O–H groups in total. The summed E-state index contributed by atoms with van der Waals surface area (Å²) in [5.74, 6) is -0.903. The van der Waals surface area contributed by atoms with Crippen LogP contribution in [0.4, 0.5) is 0 Å². The van der Waals surface area contributed by atoms with Crippen LogP contribution in [0.1, 0.15) is 56.3 Å². The largest absolute Gasteiger partial charge is 0.481 e. The van der Waals surface area contributed by atoms with Crippen molar-refractivity contribution >= 4 is 17.7 Å². The van der Waals surface area contributed by atoms with E-state index in [2.05, 4.69) is 5.32 Å². The molecular formula is C18H23NO5. The first-order valence-electron chi connectivity index (χ1n) is 8.13. The number of carboxylic acids is 1.